The Morgan fingerprint density at radius 1 is 1.03 bits per heavy atom. The summed E-state index contributed by atoms with van der Waals surface area (Å²) in [5.41, 5.74) is 5.50. The molecule has 5 rings (SSSR count). The van der Waals surface area contributed by atoms with Gasteiger partial charge in [-0.25, -0.2) is 4.98 Å². The van der Waals surface area contributed by atoms with Crippen LogP contribution in [0.3, 0.4) is 0 Å². The smallest absolute Gasteiger partial charge is 0.224 e. The summed E-state index contributed by atoms with van der Waals surface area (Å²) in [6.45, 7) is 6.47. The molecule has 1 fully saturated rings. The van der Waals surface area contributed by atoms with E-state index in [1.807, 2.05) is 37.4 Å². The van der Waals surface area contributed by atoms with E-state index in [1.54, 1.807) is 14.0 Å². The standard InChI is InChI=1S/C27H28N4O3/c1-5-18-12-22(32-4)10-11-23(18)24-13-21(24)15-33-27-25(14-28-16(2)29-27)19-6-8-20(9-7-19)26-30-17(3)34-31-26/h6-12,14,21,24H,5,13,15H2,1-4H3. The van der Waals surface area contributed by atoms with Crippen molar-refractivity contribution in [1.82, 2.24) is 20.1 Å². The third-order valence-corrected chi connectivity index (χ3v) is 6.34. The van der Waals surface area contributed by atoms with E-state index in [0.717, 1.165) is 35.3 Å². The maximum Gasteiger partial charge on any atom is 0.224 e. The Morgan fingerprint density at radius 3 is 2.53 bits per heavy atom. The average Bonchev–Trinajstić information content (AvgIpc) is 3.51. The van der Waals surface area contributed by atoms with Crippen LogP contribution >= 0.6 is 0 Å². The second kappa shape index (κ2) is 9.25. The summed E-state index contributed by atoms with van der Waals surface area (Å²) in [4.78, 5) is 13.3. The Balaban J connectivity index is 1.31. The van der Waals surface area contributed by atoms with Gasteiger partial charge in [-0.3, -0.25) is 0 Å². The predicted molar refractivity (Wildman–Crippen MR) is 129 cm³/mol. The summed E-state index contributed by atoms with van der Waals surface area (Å²) in [7, 11) is 1.71. The summed E-state index contributed by atoms with van der Waals surface area (Å²) in [6, 6.07) is 14.4. The molecule has 4 aromatic rings. The molecule has 174 valence electrons. The molecule has 1 aliphatic rings. The van der Waals surface area contributed by atoms with E-state index in [9.17, 15) is 0 Å². The lowest BCUT2D eigenvalue weighted by Crippen LogP contribution is -2.06. The second-order valence-electron chi connectivity index (χ2n) is 8.68. The number of hydrogen-bond donors (Lipinski definition) is 0. The van der Waals surface area contributed by atoms with Crippen molar-refractivity contribution in [3.63, 3.8) is 0 Å². The Kier molecular flexibility index (Phi) is 6.01. The van der Waals surface area contributed by atoms with Gasteiger partial charge < -0.3 is 14.0 Å². The largest absolute Gasteiger partial charge is 0.497 e. The summed E-state index contributed by atoms with van der Waals surface area (Å²) in [5.74, 6) is 4.33. The Labute approximate surface area is 199 Å². The van der Waals surface area contributed by atoms with Gasteiger partial charge in [0, 0.05) is 24.6 Å². The first-order valence-corrected chi connectivity index (χ1v) is 11.6. The molecule has 2 aromatic heterocycles. The van der Waals surface area contributed by atoms with Crippen LogP contribution in [0.5, 0.6) is 11.6 Å². The molecule has 7 nitrogen and oxygen atoms in total. The molecular formula is C27H28N4O3. The fraction of sp³-hybridized carbons (Fsp3) is 0.333. The molecule has 1 saturated carbocycles. The van der Waals surface area contributed by atoms with Crippen molar-refractivity contribution in [3.05, 3.63) is 71.5 Å². The lowest BCUT2D eigenvalue weighted by atomic mass is 10.00. The van der Waals surface area contributed by atoms with Crippen LogP contribution in [0, 0.1) is 19.8 Å². The van der Waals surface area contributed by atoms with Crippen molar-refractivity contribution in [2.45, 2.75) is 39.5 Å². The first-order chi connectivity index (χ1) is 16.6. The summed E-state index contributed by atoms with van der Waals surface area (Å²) >= 11 is 0. The number of methoxy groups -OCH3 is 1. The van der Waals surface area contributed by atoms with E-state index in [1.165, 1.54) is 11.1 Å². The molecule has 0 radical (unpaired) electrons. The van der Waals surface area contributed by atoms with Gasteiger partial charge in [0.25, 0.3) is 0 Å². The normalized spacial score (nSPS) is 16.9. The molecule has 0 aliphatic heterocycles. The van der Waals surface area contributed by atoms with Gasteiger partial charge in [-0.05, 0) is 54.5 Å². The SMILES string of the molecule is CCc1cc(OC)ccc1C1CC1COc1nc(C)ncc1-c1ccc(-c2noc(C)n2)cc1. The number of aryl methyl sites for hydroxylation is 3. The van der Waals surface area contributed by atoms with Crippen molar-refractivity contribution in [3.8, 4) is 34.1 Å². The van der Waals surface area contributed by atoms with Gasteiger partial charge in [-0.2, -0.15) is 9.97 Å². The van der Waals surface area contributed by atoms with Crippen molar-refractivity contribution in [2.24, 2.45) is 5.92 Å². The van der Waals surface area contributed by atoms with Crippen molar-refractivity contribution in [2.75, 3.05) is 13.7 Å². The van der Waals surface area contributed by atoms with Gasteiger partial charge >= 0.3 is 0 Å². The van der Waals surface area contributed by atoms with Gasteiger partial charge in [-0.15, -0.1) is 0 Å². The van der Waals surface area contributed by atoms with Crippen LogP contribution in [0.1, 0.15) is 42.1 Å². The van der Waals surface area contributed by atoms with Crippen LogP contribution < -0.4 is 9.47 Å². The van der Waals surface area contributed by atoms with Crippen molar-refractivity contribution >= 4 is 0 Å². The highest BCUT2D eigenvalue weighted by Gasteiger charge is 2.40. The molecule has 0 saturated heterocycles. The van der Waals surface area contributed by atoms with Crippen molar-refractivity contribution in [1.29, 1.82) is 0 Å². The molecule has 1 aliphatic carbocycles. The van der Waals surface area contributed by atoms with E-state index >= 15 is 0 Å². The Hall–Kier alpha value is -3.74. The molecule has 2 unspecified atom stereocenters. The number of hydrogen-bond acceptors (Lipinski definition) is 7. The zero-order chi connectivity index (χ0) is 23.7. The molecule has 2 heterocycles. The van der Waals surface area contributed by atoms with Gasteiger partial charge in [0.05, 0.1) is 19.3 Å². The van der Waals surface area contributed by atoms with E-state index < -0.39 is 0 Å². The average molecular weight is 457 g/mol. The molecule has 7 heteroatoms. The molecular weight excluding hydrogens is 428 g/mol. The number of benzene rings is 2. The van der Waals surface area contributed by atoms with Crippen LogP contribution in [0.15, 0.2) is 53.2 Å². The topological polar surface area (TPSA) is 83.2 Å². The van der Waals surface area contributed by atoms with Gasteiger partial charge in [-0.1, -0.05) is 42.4 Å². The van der Waals surface area contributed by atoms with E-state index in [4.69, 9.17) is 14.0 Å². The van der Waals surface area contributed by atoms with Gasteiger partial charge in [0.1, 0.15) is 11.6 Å². The molecule has 0 amide bonds. The van der Waals surface area contributed by atoms with Crippen LogP contribution in [0.25, 0.3) is 22.5 Å². The highest BCUT2D eigenvalue weighted by Crippen LogP contribution is 2.49. The van der Waals surface area contributed by atoms with Gasteiger partial charge in [0.2, 0.25) is 17.6 Å². The maximum atomic E-state index is 6.27. The zero-order valence-electron chi connectivity index (χ0n) is 19.9. The number of nitrogens with zero attached hydrogens (tertiary/aromatic N) is 4. The third kappa shape index (κ3) is 4.51. The zero-order valence-corrected chi connectivity index (χ0v) is 19.9. The molecule has 0 N–H and O–H groups in total. The molecule has 34 heavy (non-hydrogen) atoms. The van der Waals surface area contributed by atoms with E-state index in [-0.39, 0.29) is 0 Å². The first kappa shape index (κ1) is 22.1. The summed E-state index contributed by atoms with van der Waals surface area (Å²) < 4.78 is 16.7. The Bertz CT molecular complexity index is 1300. The fourth-order valence-corrected chi connectivity index (χ4v) is 4.35. The van der Waals surface area contributed by atoms with Gasteiger partial charge in [0.15, 0.2) is 0 Å². The van der Waals surface area contributed by atoms with Crippen molar-refractivity contribution < 1.29 is 14.0 Å². The minimum Gasteiger partial charge on any atom is -0.497 e. The monoisotopic (exact) mass is 456 g/mol. The Morgan fingerprint density at radius 2 is 1.82 bits per heavy atom. The van der Waals surface area contributed by atoms with E-state index in [2.05, 4.69) is 45.2 Å². The minimum atomic E-state index is 0.477. The highest BCUT2D eigenvalue weighted by molar-refractivity contribution is 5.70. The molecule has 2 atom stereocenters. The maximum absolute atomic E-state index is 6.27. The highest BCUT2D eigenvalue weighted by atomic mass is 16.5. The van der Waals surface area contributed by atoms with Crippen LogP contribution in [0.4, 0.5) is 0 Å². The van der Waals surface area contributed by atoms with Crippen LogP contribution in [-0.2, 0) is 6.42 Å². The molecule has 2 aromatic carbocycles. The summed E-state index contributed by atoms with van der Waals surface area (Å²) in [5, 5.41) is 3.98. The summed E-state index contributed by atoms with van der Waals surface area (Å²) in [6.07, 6.45) is 3.94. The quantitative estimate of drug-likeness (QED) is 0.343. The number of ether oxygens (including phenoxy) is 2. The predicted octanol–water partition coefficient (Wildman–Crippen LogP) is 5.56. The molecule has 0 spiro atoms. The minimum absolute atomic E-state index is 0.477. The van der Waals surface area contributed by atoms with Crippen LogP contribution in [-0.4, -0.2) is 33.8 Å². The second-order valence-corrected chi connectivity index (χ2v) is 8.68. The fourth-order valence-electron chi connectivity index (χ4n) is 4.35. The molecule has 0 bridgehead atoms. The van der Waals surface area contributed by atoms with E-state index in [0.29, 0.717) is 41.9 Å². The lowest BCUT2D eigenvalue weighted by molar-refractivity contribution is 0.286. The number of rotatable bonds is 8. The lowest BCUT2D eigenvalue weighted by Gasteiger charge is -2.12. The van der Waals surface area contributed by atoms with Crippen LogP contribution in [0.2, 0.25) is 0 Å². The third-order valence-electron chi connectivity index (χ3n) is 6.34. The first-order valence-electron chi connectivity index (χ1n) is 11.6. The number of aromatic nitrogens is 4.